The molecular weight excluding hydrogens is 282 g/mol. The van der Waals surface area contributed by atoms with E-state index in [2.05, 4.69) is 20.9 Å². The number of alkyl halides is 1. The van der Waals surface area contributed by atoms with Gasteiger partial charge in [-0.1, -0.05) is 30.3 Å². The highest BCUT2D eigenvalue weighted by atomic mass is 79.9. The number of benzene rings is 1. The molecule has 1 aromatic heterocycles. The predicted octanol–water partition coefficient (Wildman–Crippen LogP) is 4.31. The minimum atomic E-state index is 0.448. The first kappa shape index (κ1) is 10.1. The SMILES string of the molecule is ClCc1nc(-c2ccccc2)sc1Br. The summed E-state index contributed by atoms with van der Waals surface area (Å²) in [6, 6.07) is 10.1. The molecule has 0 aliphatic carbocycles. The molecule has 72 valence electrons. The predicted molar refractivity (Wildman–Crippen MR) is 64.8 cm³/mol. The molecule has 0 bridgehead atoms. The number of rotatable bonds is 2. The van der Waals surface area contributed by atoms with Crippen molar-refractivity contribution in [2.45, 2.75) is 5.88 Å². The van der Waals surface area contributed by atoms with Gasteiger partial charge in [0.1, 0.15) is 5.01 Å². The zero-order valence-electron chi connectivity index (χ0n) is 7.21. The molecule has 2 aromatic rings. The third-order valence-corrected chi connectivity index (χ3v) is 3.93. The number of thiazole rings is 1. The second-order valence-electron chi connectivity index (χ2n) is 2.74. The van der Waals surface area contributed by atoms with Gasteiger partial charge in [0, 0.05) is 5.56 Å². The van der Waals surface area contributed by atoms with E-state index < -0.39 is 0 Å². The molecule has 0 atom stereocenters. The lowest BCUT2D eigenvalue weighted by Crippen LogP contribution is -1.79. The fourth-order valence-electron chi connectivity index (χ4n) is 1.12. The third kappa shape index (κ3) is 2.00. The maximum atomic E-state index is 5.75. The molecule has 0 fully saturated rings. The standard InChI is InChI=1S/C10H7BrClNS/c11-9-8(6-12)13-10(14-9)7-4-2-1-3-5-7/h1-5H,6H2. The Hall–Kier alpha value is -0.380. The summed E-state index contributed by atoms with van der Waals surface area (Å²) in [6.07, 6.45) is 0. The van der Waals surface area contributed by atoms with Crippen molar-refractivity contribution in [3.05, 3.63) is 39.8 Å². The van der Waals surface area contributed by atoms with E-state index in [9.17, 15) is 0 Å². The molecule has 0 aliphatic rings. The highest BCUT2D eigenvalue weighted by Crippen LogP contribution is 2.32. The molecule has 0 spiro atoms. The number of hydrogen-bond donors (Lipinski definition) is 0. The van der Waals surface area contributed by atoms with Gasteiger partial charge in [0.15, 0.2) is 0 Å². The number of nitrogens with zero attached hydrogens (tertiary/aromatic N) is 1. The largest absolute Gasteiger partial charge is 0.239 e. The van der Waals surface area contributed by atoms with Gasteiger partial charge in [-0.15, -0.1) is 22.9 Å². The molecule has 1 nitrogen and oxygen atoms in total. The van der Waals surface area contributed by atoms with Crippen LogP contribution in [-0.2, 0) is 5.88 Å². The average Bonchev–Trinajstić information content (AvgIpc) is 2.61. The molecular formula is C10H7BrClNS. The van der Waals surface area contributed by atoms with Crippen LogP contribution in [0.3, 0.4) is 0 Å². The Kier molecular flexibility index (Phi) is 3.21. The lowest BCUT2D eigenvalue weighted by atomic mass is 10.2. The van der Waals surface area contributed by atoms with E-state index in [0.717, 1.165) is 20.1 Å². The zero-order chi connectivity index (χ0) is 9.97. The Morgan fingerprint density at radius 1 is 1.29 bits per heavy atom. The summed E-state index contributed by atoms with van der Waals surface area (Å²) in [4.78, 5) is 4.44. The summed E-state index contributed by atoms with van der Waals surface area (Å²) < 4.78 is 1.02. The van der Waals surface area contributed by atoms with Crippen LogP contribution in [0.15, 0.2) is 34.1 Å². The zero-order valence-corrected chi connectivity index (χ0v) is 10.4. The van der Waals surface area contributed by atoms with Crippen molar-refractivity contribution < 1.29 is 0 Å². The van der Waals surface area contributed by atoms with Gasteiger partial charge in [0.25, 0.3) is 0 Å². The van der Waals surface area contributed by atoms with Crippen LogP contribution < -0.4 is 0 Å². The van der Waals surface area contributed by atoms with Crippen LogP contribution in [0.1, 0.15) is 5.69 Å². The summed E-state index contributed by atoms with van der Waals surface area (Å²) in [5.41, 5.74) is 2.05. The number of hydrogen-bond acceptors (Lipinski definition) is 2. The number of halogens is 2. The summed E-state index contributed by atoms with van der Waals surface area (Å²) in [7, 11) is 0. The Morgan fingerprint density at radius 3 is 2.57 bits per heavy atom. The van der Waals surface area contributed by atoms with E-state index >= 15 is 0 Å². The van der Waals surface area contributed by atoms with Gasteiger partial charge in [-0.05, 0) is 15.9 Å². The Labute approximate surface area is 99.9 Å². The van der Waals surface area contributed by atoms with Crippen LogP contribution in [0, 0.1) is 0 Å². The average molecular weight is 289 g/mol. The molecule has 0 amide bonds. The van der Waals surface area contributed by atoms with E-state index in [1.54, 1.807) is 11.3 Å². The summed E-state index contributed by atoms with van der Waals surface area (Å²) >= 11 is 10.8. The third-order valence-electron chi connectivity index (χ3n) is 1.80. The lowest BCUT2D eigenvalue weighted by molar-refractivity contribution is 1.22. The van der Waals surface area contributed by atoms with Crippen LogP contribution in [0.5, 0.6) is 0 Å². The maximum Gasteiger partial charge on any atom is 0.124 e. The van der Waals surface area contributed by atoms with Gasteiger partial charge in [-0.25, -0.2) is 4.98 Å². The van der Waals surface area contributed by atoms with E-state index in [-0.39, 0.29) is 0 Å². The quantitative estimate of drug-likeness (QED) is 0.750. The summed E-state index contributed by atoms with van der Waals surface area (Å²) in [5.74, 6) is 0.448. The monoisotopic (exact) mass is 287 g/mol. The van der Waals surface area contributed by atoms with Gasteiger partial charge >= 0.3 is 0 Å². The second kappa shape index (κ2) is 4.43. The molecule has 0 unspecified atom stereocenters. The van der Waals surface area contributed by atoms with Crippen molar-refractivity contribution in [3.8, 4) is 10.6 Å². The van der Waals surface area contributed by atoms with Crippen molar-refractivity contribution >= 4 is 38.9 Å². The Bertz CT molecular complexity index is 427. The van der Waals surface area contributed by atoms with Crippen molar-refractivity contribution in [1.29, 1.82) is 0 Å². The first-order valence-corrected chi connectivity index (χ1v) is 6.22. The van der Waals surface area contributed by atoms with E-state index in [1.807, 2.05) is 30.3 Å². The maximum absolute atomic E-state index is 5.75. The molecule has 4 heteroatoms. The molecule has 0 saturated carbocycles. The molecule has 14 heavy (non-hydrogen) atoms. The van der Waals surface area contributed by atoms with Gasteiger partial charge < -0.3 is 0 Å². The fraction of sp³-hybridized carbons (Fsp3) is 0.100. The highest BCUT2D eigenvalue weighted by Gasteiger charge is 2.08. The van der Waals surface area contributed by atoms with Crippen LogP contribution >= 0.6 is 38.9 Å². The normalized spacial score (nSPS) is 10.4. The molecule has 0 saturated heterocycles. The van der Waals surface area contributed by atoms with Crippen LogP contribution in [0.4, 0.5) is 0 Å². The molecule has 1 aromatic carbocycles. The Balaban J connectivity index is 2.43. The van der Waals surface area contributed by atoms with Crippen LogP contribution in [-0.4, -0.2) is 4.98 Å². The first-order valence-electron chi connectivity index (χ1n) is 4.08. The van der Waals surface area contributed by atoms with Crippen molar-refractivity contribution in [2.75, 3.05) is 0 Å². The van der Waals surface area contributed by atoms with Gasteiger partial charge in [0.05, 0.1) is 15.4 Å². The van der Waals surface area contributed by atoms with Crippen LogP contribution in [0.25, 0.3) is 10.6 Å². The fourth-order valence-corrected chi connectivity index (χ4v) is 3.06. The smallest absolute Gasteiger partial charge is 0.124 e. The van der Waals surface area contributed by atoms with Crippen molar-refractivity contribution in [1.82, 2.24) is 4.98 Å². The van der Waals surface area contributed by atoms with Crippen molar-refractivity contribution in [2.24, 2.45) is 0 Å². The minimum absolute atomic E-state index is 0.448. The lowest BCUT2D eigenvalue weighted by Gasteiger charge is -1.92. The highest BCUT2D eigenvalue weighted by molar-refractivity contribution is 9.11. The van der Waals surface area contributed by atoms with Gasteiger partial charge in [-0.2, -0.15) is 0 Å². The van der Waals surface area contributed by atoms with E-state index in [4.69, 9.17) is 11.6 Å². The number of aromatic nitrogens is 1. The topological polar surface area (TPSA) is 12.9 Å². The van der Waals surface area contributed by atoms with Gasteiger partial charge in [0.2, 0.25) is 0 Å². The van der Waals surface area contributed by atoms with Crippen LogP contribution in [0.2, 0.25) is 0 Å². The van der Waals surface area contributed by atoms with E-state index in [1.165, 1.54) is 0 Å². The summed E-state index contributed by atoms with van der Waals surface area (Å²) in [6.45, 7) is 0. The molecule has 2 rings (SSSR count). The first-order chi connectivity index (χ1) is 6.81. The van der Waals surface area contributed by atoms with Gasteiger partial charge in [-0.3, -0.25) is 0 Å². The summed E-state index contributed by atoms with van der Waals surface area (Å²) in [5, 5.41) is 1.01. The van der Waals surface area contributed by atoms with Crippen molar-refractivity contribution in [3.63, 3.8) is 0 Å². The second-order valence-corrected chi connectivity index (χ2v) is 5.32. The minimum Gasteiger partial charge on any atom is -0.239 e. The molecule has 0 radical (unpaired) electrons. The van der Waals surface area contributed by atoms with E-state index in [0.29, 0.717) is 5.88 Å². The molecule has 0 N–H and O–H groups in total. The molecule has 0 aliphatic heterocycles. The molecule has 1 heterocycles. The Morgan fingerprint density at radius 2 is 2.00 bits per heavy atom.